The van der Waals surface area contributed by atoms with Gasteiger partial charge in [-0.2, -0.15) is 0 Å². The largest absolute Gasteiger partial charge is 0.497 e. The highest BCUT2D eigenvalue weighted by Gasteiger charge is 2.05. The van der Waals surface area contributed by atoms with E-state index in [2.05, 4.69) is 12.2 Å². The van der Waals surface area contributed by atoms with Crippen molar-refractivity contribution in [3.63, 3.8) is 0 Å². The fourth-order valence-corrected chi connectivity index (χ4v) is 2.03. The van der Waals surface area contributed by atoms with Crippen LogP contribution in [0.2, 0.25) is 0 Å². The first kappa shape index (κ1) is 17.7. The summed E-state index contributed by atoms with van der Waals surface area (Å²) < 4.78 is 16.3. The van der Waals surface area contributed by atoms with Crippen LogP contribution in [0.1, 0.15) is 19.8 Å². The predicted octanol–water partition coefficient (Wildman–Crippen LogP) is 3.89. The molecule has 1 amide bonds. The number of hydrogen-bond donors (Lipinski definition) is 1. The minimum atomic E-state index is -0.236. The Morgan fingerprint density at radius 2 is 1.71 bits per heavy atom. The third kappa shape index (κ3) is 5.83. The summed E-state index contributed by atoms with van der Waals surface area (Å²) in [6, 6.07) is 14.5. The van der Waals surface area contributed by atoms with Crippen LogP contribution in [0.3, 0.4) is 0 Å². The average Bonchev–Trinajstić information content (AvgIpc) is 2.61. The molecule has 0 saturated carbocycles. The van der Waals surface area contributed by atoms with Crippen LogP contribution in [0.5, 0.6) is 17.2 Å². The smallest absolute Gasteiger partial charge is 0.262 e. The highest BCUT2D eigenvalue weighted by atomic mass is 16.5. The Labute approximate surface area is 142 Å². The maximum Gasteiger partial charge on any atom is 0.262 e. The number of unbranched alkanes of at least 4 members (excludes halogenated alkanes) is 1. The lowest BCUT2D eigenvalue weighted by Gasteiger charge is -2.10. The molecule has 0 aliphatic carbocycles. The Bertz CT molecular complexity index is 657. The fourth-order valence-electron chi connectivity index (χ4n) is 2.03. The van der Waals surface area contributed by atoms with E-state index in [1.807, 2.05) is 24.3 Å². The van der Waals surface area contributed by atoms with E-state index in [9.17, 15) is 4.79 Å². The van der Waals surface area contributed by atoms with Gasteiger partial charge in [0.15, 0.2) is 6.61 Å². The summed E-state index contributed by atoms with van der Waals surface area (Å²) in [5.41, 5.74) is 0.666. The van der Waals surface area contributed by atoms with E-state index >= 15 is 0 Å². The Hall–Kier alpha value is -2.69. The Morgan fingerprint density at radius 1 is 1.00 bits per heavy atom. The number of methoxy groups -OCH3 is 1. The molecular weight excluding hydrogens is 306 g/mol. The third-order valence-electron chi connectivity index (χ3n) is 3.30. The molecule has 24 heavy (non-hydrogen) atoms. The van der Waals surface area contributed by atoms with Gasteiger partial charge < -0.3 is 19.5 Å². The van der Waals surface area contributed by atoms with Crippen molar-refractivity contribution in [2.24, 2.45) is 0 Å². The molecule has 128 valence electrons. The topological polar surface area (TPSA) is 56.8 Å². The number of hydrogen-bond acceptors (Lipinski definition) is 4. The van der Waals surface area contributed by atoms with Crippen LogP contribution in [0.25, 0.3) is 0 Å². The number of rotatable bonds is 9. The van der Waals surface area contributed by atoms with E-state index in [1.165, 1.54) is 0 Å². The molecule has 0 aliphatic heterocycles. The molecule has 1 N–H and O–H groups in total. The van der Waals surface area contributed by atoms with Crippen LogP contribution in [-0.2, 0) is 4.79 Å². The molecular formula is C19H23NO4. The van der Waals surface area contributed by atoms with Crippen LogP contribution in [0.4, 0.5) is 5.69 Å². The number of carbonyl (C=O) groups is 1. The first-order valence-electron chi connectivity index (χ1n) is 8.01. The van der Waals surface area contributed by atoms with Crippen molar-refractivity contribution in [3.8, 4) is 17.2 Å². The maximum absolute atomic E-state index is 12.0. The van der Waals surface area contributed by atoms with Crippen molar-refractivity contribution in [2.75, 3.05) is 25.6 Å². The highest BCUT2D eigenvalue weighted by Crippen LogP contribution is 2.20. The number of ether oxygens (including phenoxy) is 3. The second kappa shape index (κ2) is 9.45. The fraction of sp³-hybridized carbons (Fsp3) is 0.316. The summed E-state index contributed by atoms with van der Waals surface area (Å²) in [6.07, 6.45) is 2.09. The lowest BCUT2D eigenvalue weighted by atomic mass is 10.3. The normalized spacial score (nSPS) is 10.1. The monoisotopic (exact) mass is 329 g/mol. The van der Waals surface area contributed by atoms with Crippen molar-refractivity contribution in [1.29, 1.82) is 0 Å². The Morgan fingerprint density at radius 3 is 2.46 bits per heavy atom. The van der Waals surface area contributed by atoms with Crippen molar-refractivity contribution in [3.05, 3.63) is 48.5 Å². The van der Waals surface area contributed by atoms with Crippen LogP contribution < -0.4 is 19.5 Å². The lowest BCUT2D eigenvalue weighted by Crippen LogP contribution is -2.20. The Kier molecular flexibility index (Phi) is 6.95. The summed E-state index contributed by atoms with van der Waals surface area (Å²) in [6.45, 7) is 2.72. The van der Waals surface area contributed by atoms with Crippen molar-refractivity contribution in [2.45, 2.75) is 19.8 Å². The van der Waals surface area contributed by atoms with Gasteiger partial charge in [-0.15, -0.1) is 0 Å². The number of amides is 1. The second-order valence-electron chi connectivity index (χ2n) is 5.25. The van der Waals surface area contributed by atoms with Crippen molar-refractivity contribution < 1.29 is 19.0 Å². The molecule has 0 aliphatic rings. The minimum Gasteiger partial charge on any atom is -0.497 e. The summed E-state index contributed by atoms with van der Waals surface area (Å²) >= 11 is 0. The van der Waals surface area contributed by atoms with Gasteiger partial charge in [0.1, 0.15) is 17.2 Å². The molecule has 2 aromatic rings. The molecule has 5 nitrogen and oxygen atoms in total. The molecule has 2 rings (SSSR count). The van der Waals surface area contributed by atoms with Gasteiger partial charge in [0.2, 0.25) is 0 Å². The summed E-state index contributed by atoms with van der Waals surface area (Å²) in [5.74, 6) is 1.80. The van der Waals surface area contributed by atoms with E-state index in [-0.39, 0.29) is 12.5 Å². The zero-order valence-corrected chi connectivity index (χ0v) is 14.1. The van der Waals surface area contributed by atoms with E-state index in [4.69, 9.17) is 14.2 Å². The van der Waals surface area contributed by atoms with Crippen LogP contribution in [-0.4, -0.2) is 26.2 Å². The van der Waals surface area contributed by atoms with Gasteiger partial charge in [0, 0.05) is 17.8 Å². The van der Waals surface area contributed by atoms with Gasteiger partial charge in [0.25, 0.3) is 5.91 Å². The molecule has 0 spiro atoms. The number of carbonyl (C=O) groups excluding carboxylic acids is 1. The van der Waals surface area contributed by atoms with Gasteiger partial charge >= 0.3 is 0 Å². The summed E-state index contributed by atoms with van der Waals surface area (Å²) in [4.78, 5) is 12.0. The van der Waals surface area contributed by atoms with Crippen LogP contribution >= 0.6 is 0 Å². The molecule has 0 aromatic heterocycles. The average molecular weight is 329 g/mol. The molecule has 0 bridgehead atoms. The SMILES string of the molecule is CCCCOc1cccc(OCC(=O)Nc2cccc(OC)c2)c1. The zero-order valence-electron chi connectivity index (χ0n) is 14.1. The highest BCUT2D eigenvalue weighted by molar-refractivity contribution is 5.92. The van der Waals surface area contributed by atoms with Crippen molar-refractivity contribution >= 4 is 11.6 Å². The maximum atomic E-state index is 12.0. The van der Waals surface area contributed by atoms with Gasteiger partial charge in [-0.1, -0.05) is 25.5 Å². The zero-order chi connectivity index (χ0) is 17.2. The van der Waals surface area contributed by atoms with E-state index < -0.39 is 0 Å². The molecule has 5 heteroatoms. The summed E-state index contributed by atoms with van der Waals surface area (Å²) in [5, 5.41) is 2.77. The lowest BCUT2D eigenvalue weighted by molar-refractivity contribution is -0.118. The molecule has 0 heterocycles. The quantitative estimate of drug-likeness (QED) is 0.709. The molecule has 0 radical (unpaired) electrons. The first-order valence-corrected chi connectivity index (χ1v) is 8.01. The van der Waals surface area contributed by atoms with Gasteiger partial charge in [-0.05, 0) is 30.7 Å². The van der Waals surface area contributed by atoms with Crippen LogP contribution in [0.15, 0.2) is 48.5 Å². The van der Waals surface area contributed by atoms with Crippen LogP contribution in [0, 0.1) is 0 Å². The van der Waals surface area contributed by atoms with E-state index in [0.29, 0.717) is 23.8 Å². The molecule has 0 atom stereocenters. The molecule has 0 fully saturated rings. The van der Waals surface area contributed by atoms with E-state index in [0.717, 1.165) is 18.6 Å². The molecule has 2 aromatic carbocycles. The third-order valence-corrected chi connectivity index (χ3v) is 3.30. The molecule has 0 unspecified atom stereocenters. The number of anilines is 1. The van der Waals surface area contributed by atoms with Crippen molar-refractivity contribution in [1.82, 2.24) is 0 Å². The standard InChI is InChI=1S/C19H23NO4/c1-3-4-11-23-17-9-6-10-18(13-17)24-14-19(21)20-15-7-5-8-16(12-15)22-2/h5-10,12-13H,3-4,11,14H2,1-2H3,(H,20,21). The predicted molar refractivity (Wildman–Crippen MR) is 94.0 cm³/mol. The number of benzene rings is 2. The first-order chi connectivity index (χ1) is 11.7. The minimum absolute atomic E-state index is 0.0738. The second-order valence-corrected chi connectivity index (χ2v) is 5.25. The summed E-state index contributed by atoms with van der Waals surface area (Å²) in [7, 11) is 1.58. The van der Waals surface area contributed by atoms with E-state index in [1.54, 1.807) is 31.4 Å². The Balaban J connectivity index is 1.83. The van der Waals surface area contributed by atoms with Gasteiger partial charge in [-0.25, -0.2) is 0 Å². The molecule has 0 saturated heterocycles. The van der Waals surface area contributed by atoms with Gasteiger partial charge in [-0.3, -0.25) is 4.79 Å². The number of nitrogens with one attached hydrogen (secondary N) is 1. The van der Waals surface area contributed by atoms with Gasteiger partial charge in [0.05, 0.1) is 13.7 Å².